The van der Waals surface area contributed by atoms with Crippen LogP contribution in [-0.4, -0.2) is 17.5 Å². The predicted octanol–water partition coefficient (Wildman–Crippen LogP) is 1.95. The first-order chi connectivity index (χ1) is 4.84. The molecule has 0 saturated heterocycles. The van der Waals surface area contributed by atoms with Crippen molar-refractivity contribution in [1.29, 1.82) is 0 Å². The highest BCUT2D eigenvalue weighted by molar-refractivity contribution is 9.09. The van der Waals surface area contributed by atoms with E-state index < -0.39 is 0 Å². The van der Waals surface area contributed by atoms with Crippen LogP contribution in [0.1, 0.15) is 19.3 Å². The molecule has 56 valence electrons. The van der Waals surface area contributed by atoms with E-state index >= 15 is 0 Å². The van der Waals surface area contributed by atoms with E-state index in [2.05, 4.69) is 21.9 Å². The van der Waals surface area contributed by atoms with Gasteiger partial charge in [-0.25, -0.2) is 0 Å². The molecule has 0 aliphatic heterocycles. The van der Waals surface area contributed by atoms with Crippen molar-refractivity contribution in [2.45, 2.75) is 30.2 Å². The summed E-state index contributed by atoms with van der Waals surface area (Å²) in [4.78, 5) is 0.529. The Morgan fingerprint density at radius 2 is 2.40 bits per heavy atom. The molecule has 0 N–H and O–H groups in total. The highest BCUT2D eigenvalue weighted by Crippen LogP contribution is 2.27. The van der Waals surface area contributed by atoms with E-state index in [1.165, 1.54) is 12.8 Å². The van der Waals surface area contributed by atoms with Crippen molar-refractivity contribution >= 4 is 15.9 Å². The molecule has 0 spiro atoms. The summed E-state index contributed by atoms with van der Waals surface area (Å²) in [6, 6.07) is 0. The van der Waals surface area contributed by atoms with E-state index in [1.54, 1.807) is 0 Å². The minimum Gasteiger partial charge on any atom is -0.364 e. The fourth-order valence-electron chi connectivity index (χ4n) is 1.22. The Kier molecular flexibility index (Phi) is 3.24. The molecule has 1 fully saturated rings. The van der Waals surface area contributed by atoms with E-state index in [0.29, 0.717) is 17.5 Å². The van der Waals surface area contributed by atoms with Crippen LogP contribution in [0.15, 0.2) is 0 Å². The smallest absolute Gasteiger partial charge is 0.107 e. The van der Waals surface area contributed by atoms with Crippen molar-refractivity contribution < 1.29 is 4.74 Å². The van der Waals surface area contributed by atoms with E-state index in [4.69, 9.17) is 11.2 Å². The van der Waals surface area contributed by atoms with E-state index in [1.807, 2.05) is 0 Å². The molecule has 2 heteroatoms. The summed E-state index contributed by atoms with van der Waals surface area (Å²) < 4.78 is 5.38. The molecular formula is C8H11BrO. The second-order valence-electron chi connectivity index (χ2n) is 2.50. The Bertz CT molecular complexity index is 139. The molecule has 0 unspecified atom stereocenters. The Morgan fingerprint density at radius 1 is 1.60 bits per heavy atom. The lowest BCUT2D eigenvalue weighted by Crippen LogP contribution is -2.17. The quantitative estimate of drug-likeness (QED) is 0.492. The summed E-state index contributed by atoms with van der Waals surface area (Å²) in [5.74, 6) is 2.47. The average Bonchev–Trinajstić information content (AvgIpc) is 2.31. The van der Waals surface area contributed by atoms with Crippen LogP contribution in [-0.2, 0) is 4.74 Å². The van der Waals surface area contributed by atoms with Gasteiger partial charge in [0.15, 0.2) is 0 Å². The molecular weight excluding hydrogens is 192 g/mol. The molecule has 1 saturated carbocycles. The molecule has 0 radical (unpaired) electrons. The van der Waals surface area contributed by atoms with Crippen LogP contribution >= 0.6 is 15.9 Å². The van der Waals surface area contributed by atoms with Gasteiger partial charge < -0.3 is 4.74 Å². The Labute approximate surface area is 70.3 Å². The minimum absolute atomic E-state index is 0.357. The maximum absolute atomic E-state index is 5.38. The molecule has 1 nitrogen and oxygen atoms in total. The molecule has 0 aromatic heterocycles. The van der Waals surface area contributed by atoms with E-state index in [0.717, 1.165) is 6.42 Å². The molecule has 0 aromatic carbocycles. The number of terminal acetylenes is 1. The van der Waals surface area contributed by atoms with Crippen LogP contribution in [0.25, 0.3) is 0 Å². The van der Waals surface area contributed by atoms with Crippen LogP contribution < -0.4 is 0 Å². The molecule has 1 aliphatic rings. The first kappa shape index (κ1) is 8.10. The SMILES string of the molecule is C#CCO[C@@H]1CCC[C@@H]1Br. The molecule has 2 atom stereocenters. The summed E-state index contributed by atoms with van der Waals surface area (Å²) in [5, 5.41) is 0. The first-order valence-electron chi connectivity index (χ1n) is 3.53. The van der Waals surface area contributed by atoms with E-state index in [-0.39, 0.29) is 0 Å². The molecule has 1 rings (SSSR count). The summed E-state index contributed by atoms with van der Waals surface area (Å²) in [6.45, 7) is 0.451. The van der Waals surface area contributed by atoms with Crippen LogP contribution in [0.5, 0.6) is 0 Å². The Hall–Kier alpha value is 0. The molecule has 0 bridgehead atoms. The molecule has 0 aromatic rings. The normalized spacial score (nSPS) is 32.0. The third kappa shape index (κ3) is 2.00. The number of rotatable bonds is 2. The Balaban J connectivity index is 2.21. The Morgan fingerprint density at radius 3 is 2.90 bits per heavy atom. The van der Waals surface area contributed by atoms with Crippen molar-refractivity contribution in [1.82, 2.24) is 0 Å². The fraction of sp³-hybridized carbons (Fsp3) is 0.750. The highest BCUT2D eigenvalue weighted by atomic mass is 79.9. The maximum Gasteiger partial charge on any atom is 0.107 e. The summed E-state index contributed by atoms with van der Waals surface area (Å²) >= 11 is 3.54. The summed E-state index contributed by atoms with van der Waals surface area (Å²) in [7, 11) is 0. The number of hydrogen-bond donors (Lipinski definition) is 0. The average molecular weight is 203 g/mol. The van der Waals surface area contributed by atoms with Gasteiger partial charge in [-0.2, -0.15) is 0 Å². The lowest BCUT2D eigenvalue weighted by molar-refractivity contribution is 0.0886. The van der Waals surface area contributed by atoms with Gasteiger partial charge in [-0.05, 0) is 19.3 Å². The van der Waals surface area contributed by atoms with Crippen LogP contribution in [0, 0.1) is 12.3 Å². The first-order valence-corrected chi connectivity index (χ1v) is 4.45. The number of hydrogen-bond acceptors (Lipinski definition) is 1. The molecule has 0 amide bonds. The number of ether oxygens (including phenoxy) is 1. The third-order valence-corrected chi connectivity index (χ3v) is 2.80. The van der Waals surface area contributed by atoms with Gasteiger partial charge in [0.05, 0.1) is 6.10 Å². The van der Waals surface area contributed by atoms with Gasteiger partial charge >= 0.3 is 0 Å². The van der Waals surface area contributed by atoms with Crippen LogP contribution in [0.2, 0.25) is 0 Å². The second-order valence-corrected chi connectivity index (χ2v) is 3.68. The largest absolute Gasteiger partial charge is 0.364 e. The van der Waals surface area contributed by atoms with Crippen molar-refractivity contribution in [3.63, 3.8) is 0 Å². The van der Waals surface area contributed by atoms with Gasteiger partial charge in [0.2, 0.25) is 0 Å². The van der Waals surface area contributed by atoms with Crippen molar-refractivity contribution in [3.05, 3.63) is 0 Å². The van der Waals surface area contributed by atoms with Gasteiger partial charge in [0.1, 0.15) is 6.61 Å². The standard InChI is InChI=1S/C8H11BrO/c1-2-6-10-8-5-3-4-7(8)9/h1,7-8H,3-6H2/t7-,8+/m0/s1. The third-order valence-electron chi connectivity index (χ3n) is 1.75. The van der Waals surface area contributed by atoms with Crippen molar-refractivity contribution in [2.24, 2.45) is 0 Å². The van der Waals surface area contributed by atoms with Gasteiger partial charge in [0.25, 0.3) is 0 Å². The molecule has 10 heavy (non-hydrogen) atoms. The summed E-state index contributed by atoms with van der Waals surface area (Å²) in [6.07, 6.45) is 9.04. The van der Waals surface area contributed by atoms with Crippen molar-refractivity contribution in [2.75, 3.05) is 6.61 Å². The zero-order valence-electron chi connectivity index (χ0n) is 5.85. The monoisotopic (exact) mass is 202 g/mol. The minimum atomic E-state index is 0.357. The van der Waals surface area contributed by atoms with Crippen LogP contribution in [0.4, 0.5) is 0 Å². The lowest BCUT2D eigenvalue weighted by atomic mass is 10.3. The second kappa shape index (κ2) is 4.00. The lowest BCUT2D eigenvalue weighted by Gasteiger charge is -2.12. The van der Waals surface area contributed by atoms with Gasteiger partial charge in [-0.15, -0.1) is 6.42 Å². The van der Waals surface area contributed by atoms with Gasteiger partial charge in [-0.1, -0.05) is 21.9 Å². The number of halogens is 1. The van der Waals surface area contributed by atoms with Crippen LogP contribution in [0.3, 0.4) is 0 Å². The highest BCUT2D eigenvalue weighted by Gasteiger charge is 2.24. The molecule has 1 aliphatic carbocycles. The topological polar surface area (TPSA) is 9.23 Å². The predicted molar refractivity (Wildman–Crippen MR) is 45.1 cm³/mol. The van der Waals surface area contributed by atoms with E-state index in [9.17, 15) is 0 Å². The van der Waals surface area contributed by atoms with Gasteiger partial charge in [0, 0.05) is 4.83 Å². The number of alkyl halides is 1. The van der Waals surface area contributed by atoms with Crippen molar-refractivity contribution in [3.8, 4) is 12.3 Å². The van der Waals surface area contributed by atoms with Gasteiger partial charge in [-0.3, -0.25) is 0 Å². The zero-order valence-corrected chi connectivity index (χ0v) is 7.43. The zero-order chi connectivity index (χ0) is 7.40. The summed E-state index contributed by atoms with van der Waals surface area (Å²) in [5.41, 5.74) is 0. The molecule has 0 heterocycles. The fourth-order valence-corrected chi connectivity index (χ4v) is 1.96. The maximum atomic E-state index is 5.38.